The van der Waals surface area contributed by atoms with Crippen molar-refractivity contribution in [2.45, 2.75) is 173 Å². The summed E-state index contributed by atoms with van der Waals surface area (Å²) in [6, 6.07) is 6.49. The molecule has 2 aromatic heterocycles. The number of halogens is 2. The number of benzene rings is 2. The number of rotatable bonds is 18. The number of hydrogen-bond donors (Lipinski definition) is 0. The fourth-order valence-electron chi connectivity index (χ4n) is 12.0. The zero-order chi connectivity index (χ0) is 52.9. The number of hydrogen-bond acceptors (Lipinski definition) is 13. The van der Waals surface area contributed by atoms with Crippen LogP contribution in [0.3, 0.4) is 0 Å². The molecule has 4 saturated heterocycles. The molecule has 0 aliphatic carbocycles. The fourth-order valence-corrected chi connectivity index (χ4v) is 17.2. The molecule has 4 aromatic rings. The molecule has 402 valence electrons. The Bertz CT molecular complexity index is 2670. The van der Waals surface area contributed by atoms with E-state index >= 15 is 8.78 Å². The Kier molecular flexibility index (Phi) is 17.7. The third-order valence-corrected chi connectivity index (χ3v) is 21.8. The number of esters is 1. The SMILES string of the molecule is COC(=O)CCCOCCCN1CCC[C@H]1COc1nc(N2CC3CCC(C2)N3C(=O)OC(C)(C)C)c2cnc(-c3cc(OC4CCCCO4)cc4ccc(F)c(C#C[Si](C(C)C)(C(C)C)C(C)C)c34)c(F)c2n1. The largest absolute Gasteiger partial charge is 0.469 e. The molecule has 2 bridgehead atoms. The van der Waals surface area contributed by atoms with Crippen LogP contribution in [0.2, 0.25) is 16.6 Å². The summed E-state index contributed by atoms with van der Waals surface area (Å²) < 4.78 is 70.2. The van der Waals surface area contributed by atoms with Crippen LogP contribution in [-0.4, -0.2) is 135 Å². The highest BCUT2D eigenvalue weighted by molar-refractivity contribution is 6.90. The van der Waals surface area contributed by atoms with Crippen LogP contribution in [0.25, 0.3) is 32.9 Å². The number of pyridine rings is 1. The van der Waals surface area contributed by atoms with Gasteiger partial charge in [-0.1, -0.05) is 53.5 Å². The van der Waals surface area contributed by atoms with Crippen LogP contribution in [0.15, 0.2) is 30.5 Å². The van der Waals surface area contributed by atoms with Gasteiger partial charge in [0.05, 0.1) is 36.8 Å². The van der Waals surface area contributed by atoms with Gasteiger partial charge in [0, 0.05) is 68.9 Å². The van der Waals surface area contributed by atoms with Gasteiger partial charge in [-0.15, -0.1) is 5.54 Å². The van der Waals surface area contributed by atoms with E-state index in [2.05, 4.69) is 62.8 Å². The molecule has 4 aliphatic heterocycles. The molecule has 4 aliphatic rings. The van der Waals surface area contributed by atoms with Crippen molar-refractivity contribution in [3.63, 3.8) is 0 Å². The zero-order valence-electron chi connectivity index (χ0n) is 45.4. The highest BCUT2D eigenvalue weighted by Crippen LogP contribution is 2.44. The number of methoxy groups -OCH3 is 1. The van der Waals surface area contributed by atoms with Crippen molar-refractivity contribution in [3.8, 4) is 34.5 Å². The Morgan fingerprint density at radius 2 is 1.65 bits per heavy atom. The molecule has 1 amide bonds. The minimum Gasteiger partial charge on any atom is -0.469 e. The highest BCUT2D eigenvalue weighted by Gasteiger charge is 2.46. The summed E-state index contributed by atoms with van der Waals surface area (Å²) in [6.07, 6.45) is 8.58. The standard InChI is InChI=1S/C57H78F2N6O8Si/c1-36(2)74(37(3)4,38(5)6)29-23-44-47(58)22-19-39-30-43(72-49-18-11-12-28-70-49)31-45(50(39)44)52-51(59)53-46(32-60-52)54(64-33-40-20-21-41(34-64)65(40)56(67)73-57(7,8)9)62-55(61-53)71-35-42-16-13-24-63(42)25-15-27-69-26-14-17-48(66)68-10/h19,22,30-32,36-38,40-42,49H,11-18,20-21,24-28,33-35H2,1-10H3/t40?,41?,42-,49?/m0/s1. The third-order valence-electron chi connectivity index (χ3n) is 15.5. The molecule has 14 nitrogen and oxygen atoms in total. The molecule has 0 radical (unpaired) electrons. The van der Waals surface area contributed by atoms with Crippen molar-refractivity contribution < 1.29 is 46.8 Å². The van der Waals surface area contributed by atoms with Gasteiger partial charge in [0.25, 0.3) is 0 Å². The van der Waals surface area contributed by atoms with Crippen LogP contribution in [0.4, 0.5) is 19.4 Å². The second-order valence-electron chi connectivity index (χ2n) is 22.5. The van der Waals surface area contributed by atoms with Crippen molar-refractivity contribution in [2.75, 3.05) is 64.6 Å². The van der Waals surface area contributed by atoms with Gasteiger partial charge in [-0.2, -0.15) is 9.97 Å². The number of likely N-dealkylation sites (tertiary alicyclic amines) is 1. The predicted octanol–water partition coefficient (Wildman–Crippen LogP) is 11.4. The first-order chi connectivity index (χ1) is 35.4. The maximum absolute atomic E-state index is 18.2. The lowest BCUT2D eigenvalue weighted by atomic mass is 9.95. The van der Waals surface area contributed by atoms with E-state index in [0.717, 1.165) is 58.0 Å². The Balaban J connectivity index is 1.20. The summed E-state index contributed by atoms with van der Waals surface area (Å²) in [5.74, 6) is 2.83. The van der Waals surface area contributed by atoms with Crippen LogP contribution in [-0.2, 0) is 23.7 Å². The van der Waals surface area contributed by atoms with E-state index in [0.29, 0.717) is 102 Å². The van der Waals surface area contributed by atoms with Gasteiger partial charge in [-0.25, -0.2) is 13.6 Å². The normalized spacial score (nSPS) is 20.5. The van der Waals surface area contributed by atoms with Gasteiger partial charge >= 0.3 is 18.1 Å². The average molecular weight is 1040 g/mol. The smallest absolute Gasteiger partial charge is 0.410 e. The molecule has 0 N–H and O–H groups in total. The van der Waals surface area contributed by atoms with Gasteiger partial charge < -0.3 is 33.3 Å². The third kappa shape index (κ3) is 12.2. The fraction of sp³-hybridized carbons (Fsp3) is 0.632. The highest BCUT2D eigenvalue weighted by atomic mass is 28.3. The number of aromatic nitrogens is 3. The van der Waals surface area contributed by atoms with Crippen LogP contribution in [0.5, 0.6) is 11.8 Å². The van der Waals surface area contributed by atoms with E-state index in [1.165, 1.54) is 13.2 Å². The van der Waals surface area contributed by atoms with Gasteiger partial charge in [0.15, 0.2) is 12.1 Å². The maximum Gasteiger partial charge on any atom is 0.410 e. The number of anilines is 1. The number of nitrogens with zero attached hydrogens (tertiary/aromatic N) is 6. The number of ether oxygens (including phenoxy) is 6. The average Bonchev–Trinajstić information content (AvgIpc) is 3.92. The summed E-state index contributed by atoms with van der Waals surface area (Å²) in [5, 5.41) is 1.45. The predicted molar refractivity (Wildman–Crippen MR) is 286 cm³/mol. The van der Waals surface area contributed by atoms with Crippen LogP contribution in [0.1, 0.15) is 132 Å². The number of carbonyl (C=O) groups is 2. The molecule has 4 fully saturated rings. The van der Waals surface area contributed by atoms with Gasteiger partial charge in [-0.05, 0) is 119 Å². The Hall–Kier alpha value is -5.15. The lowest BCUT2D eigenvalue weighted by Crippen LogP contribution is -2.57. The zero-order valence-corrected chi connectivity index (χ0v) is 46.4. The topological polar surface area (TPSA) is 138 Å². The molecule has 0 spiro atoms. The van der Waals surface area contributed by atoms with Crippen molar-refractivity contribution in [3.05, 3.63) is 47.7 Å². The molecule has 0 saturated carbocycles. The number of carbonyl (C=O) groups excluding carboxylic acids is 2. The second-order valence-corrected chi connectivity index (χ2v) is 28.1. The maximum atomic E-state index is 18.2. The molecule has 4 atom stereocenters. The van der Waals surface area contributed by atoms with E-state index < -0.39 is 31.6 Å². The second kappa shape index (κ2) is 23.8. The quantitative estimate of drug-likeness (QED) is 0.0405. The molecule has 8 rings (SSSR count). The van der Waals surface area contributed by atoms with E-state index in [1.54, 1.807) is 18.3 Å². The van der Waals surface area contributed by atoms with E-state index in [-0.39, 0.29) is 59.6 Å². The first-order valence-corrected chi connectivity index (χ1v) is 29.3. The molecule has 6 heterocycles. The molecule has 74 heavy (non-hydrogen) atoms. The van der Waals surface area contributed by atoms with Crippen molar-refractivity contribution in [1.82, 2.24) is 24.8 Å². The monoisotopic (exact) mass is 1040 g/mol. The molecular weight excluding hydrogens is 963 g/mol. The van der Waals surface area contributed by atoms with Crippen molar-refractivity contribution >= 4 is 47.6 Å². The summed E-state index contributed by atoms with van der Waals surface area (Å²) in [7, 11) is -0.959. The van der Waals surface area contributed by atoms with Crippen LogP contribution in [0, 0.1) is 23.1 Å². The molecule has 3 unspecified atom stereocenters. The number of fused-ring (bicyclic) bond motifs is 4. The summed E-state index contributed by atoms with van der Waals surface area (Å²) in [6.45, 7) is 23.4. The van der Waals surface area contributed by atoms with E-state index in [4.69, 9.17) is 43.4 Å². The lowest BCUT2D eigenvalue weighted by Gasteiger charge is -2.42. The Morgan fingerprint density at radius 3 is 2.32 bits per heavy atom. The van der Waals surface area contributed by atoms with Crippen LogP contribution < -0.4 is 14.4 Å². The van der Waals surface area contributed by atoms with E-state index in [1.807, 2.05) is 31.7 Å². The van der Waals surface area contributed by atoms with Gasteiger partial charge in [0.2, 0.25) is 0 Å². The summed E-state index contributed by atoms with van der Waals surface area (Å²) in [5.41, 5.74) is 4.46. The number of amides is 1. The molecule has 17 heteroatoms. The first kappa shape index (κ1) is 55.1. The lowest BCUT2D eigenvalue weighted by molar-refractivity contribution is -0.141. The van der Waals surface area contributed by atoms with Crippen molar-refractivity contribution in [1.29, 1.82) is 0 Å². The Labute approximate surface area is 437 Å². The summed E-state index contributed by atoms with van der Waals surface area (Å²) >= 11 is 0. The minimum atomic E-state index is -2.35. The van der Waals surface area contributed by atoms with Crippen LogP contribution >= 0.6 is 0 Å². The number of piperazine rings is 1. The molecule has 2 aromatic carbocycles. The minimum absolute atomic E-state index is 0.00881. The Morgan fingerprint density at radius 1 is 0.919 bits per heavy atom. The van der Waals surface area contributed by atoms with E-state index in [9.17, 15) is 9.59 Å². The van der Waals surface area contributed by atoms with Gasteiger partial charge in [-0.3, -0.25) is 19.6 Å². The summed E-state index contributed by atoms with van der Waals surface area (Å²) in [4.78, 5) is 46.1. The first-order valence-electron chi connectivity index (χ1n) is 27.1. The molecular formula is C57H78F2N6O8Si. The van der Waals surface area contributed by atoms with Gasteiger partial charge in [0.1, 0.15) is 48.9 Å². The van der Waals surface area contributed by atoms with Crippen molar-refractivity contribution in [2.24, 2.45) is 0 Å².